The van der Waals surface area contributed by atoms with Crippen molar-refractivity contribution in [2.24, 2.45) is 0 Å². The van der Waals surface area contributed by atoms with Crippen LogP contribution in [0.5, 0.6) is 6.01 Å². The first kappa shape index (κ1) is 18.1. The van der Waals surface area contributed by atoms with Crippen LogP contribution in [0.15, 0.2) is 41.8 Å². The monoisotopic (exact) mass is 372 g/mol. The van der Waals surface area contributed by atoms with Crippen LogP contribution in [-0.2, 0) is 9.53 Å². The largest absolute Gasteiger partial charge is 0.460 e. The molecule has 26 heavy (non-hydrogen) atoms. The Balaban J connectivity index is 1.90. The number of amides is 1. The number of carbonyl (C=O) groups excluding carboxylic acids is 1. The Hall–Kier alpha value is -2.71. The van der Waals surface area contributed by atoms with Crippen molar-refractivity contribution < 1.29 is 14.3 Å². The Morgan fingerprint density at radius 2 is 2.04 bits per heavy atom. The maximum atomic E-state index is 11.6. The summed E-state index contributed by atoms with van der Waals surface area (Å²) in [5.74, 6) is 0.514. The molecule has 1 amide bonds. The lowest BCUT2D eigenvalue weighted by Crippen LogP contribution is -2.17. The fourth-order valence-corrected chi connectivity index (χ4v) is 3.01. The van der Waals surface area contributed by atoms with Gasteiger partial charge in [0.05, 0.1) is 16.7 Å². The van der Waals surface area contributed by atoms with Gasteiger partial charge < -0.3 is 14.8 Å². The van der Waals surface area contributed by atoms with Gasteiger partial charge >= 0.3 is 6.01 Å². The van der Waals surface area contributed by atoms with E-state index in [1.54, 1.807) is 16.0 Å². The van der Waals surface area contributed by atoms with Crippen LogP contribution in [0.4, 0.5) is 5.69 Å². The van der Waals surface area contributed by atoms with Crippen LogP contribution in [0.2, 0.25) is 0 Å². The summed E-state index contributed by atoms with van der Waals surface area (Å²) in [5, 5.41) is 9.23. The Kier molecular flexibility index (Phi) is 5.65. The van der Waals surface area contributed by atoms with Gasteiger partial charge in [0.25, 0.3) is 0 Å². The molecule has 0 atom stereocenters. The number of thiophene rings is 1. The van der Waals surface area contributed by atoms with Gasteiger partial charge in [0.15, 0.2) is 5.82 Å². The summed E-state index contributed by atoms with van der Waals surface area (Å²) in [5.41, 5.74) is 1.51. The number of hydrogen-bond donors (Lipinski definition) is 1. The van der Waals surface area contributed by atoms with Crippen LogP contribution in [0, 0.1) is 0 Å². The highest BCUT2D eigenvalue weighted by Gasteiger charge is 2.16. The fraction of sp³-hybridized carbons (Fsp3) is 0.278. The number of hydrogen-bond acceptors (Lipinski definition) is 6. The van der Waals surface area contributed by atoms with Gasteiger partial charge in [0, 0.05) is 12.8 Å². The number of anilines is 1. The number of ether oxygens (including phenoxy) is 2. The number of nitrogens with one attached hydrogen (secondary N) is 1. The molecule has 0 spiro atoms. The van der Waals surface area contributed by atoms with Crippen LogP contribution in [0.3, 0.4) is 0 Å². The van der Waals surface area contributed by atoms with E-state index < -0.39 is 0 Å². The van der Waals surface area contributed by atoms with Gasteiger partial charge in [-0.3, -0.25) is 4.79 Å². The van der Waals surface area contributed by atoms with Gasteiger partial charge in [0.1, 0.15) is 6.61 Å². The molecule has 0 fully saturated rings. The second-order valence-electron chi connectivity index (χ2n) is 5.80. The summed E-state index contributed by atoms with van der Waals surface area (Å²) in [7, 11) is 1.48. The summed E-state index contributed by atoms with van der Waals surface area (Å²) < 4.78 is 12.2. The molecule has 0 aliphatic rings. The van der Waals surface area contributed by atoms with Crippen LogP contribution in [-0.4, -0.2) is 40.5 Å². The Bertz CT molecular complexity index is 857. The molecular weight excluding hydrogens is 352 g/mol. The molecule has 0 aliphatic carbocycles. The maximum Gasteiger partial charge on any atom is 0.336 e. The summed E-state index contributed by atoms with van der Waals surface area (Å²) in [6.07, 6.45) is -0.0135. The van der Waals surface area contributed by atoms with Crippen molar-refractivity contribution in [3.63, 3.8) is 0 Å². The zero-order valence-corrected chi connectivity index (χ0v) is 15.6. The number of carbonyl (C=O) groups is 1. The minimum absolute atomic E-state index is 0.0135. The van der Waals surface area contributed by atoms with Gasteiger partial charge in [-0.15, -0.1) is 16.4 Å². The SMILES string of the molecule is COCC(=O)Nc1ccc(-n2nc(OC(C)C)nc2-c2cccs2)cc1. The first-order chi connectivity index (χ1) is 12.6. The van der Waals surface area contributed by atoms with Crippen molar-refractivity contribution in [3.05, 3.63) is 41.8 Å². The van der Waals surface area contributed by atoms with E-state index in [1.807, 2.05) is 55.6 Å². The third kappa shape index (κ3) is 4.27. The van der Waals surface area contributed by atoms with Gasteiger partial charge in [-0.05, 0) is 49.6 Å². The average Bonchev–Trinajstić information content (AvgIpc) is 3.24. The topological polar surface area (TPSA) is 78.3 Å². The maximum absolute atomic E-state index is 11.6. The van der Waals surface area contributed by atoms with Crippen molar-refractivity contribution in [2.45, 2.75) is 20.0 Å². The Morgan fingerprint density at radius 1 is 1.27 bits per heavy atom. The Morgan fingerprint density at radius 3 is 2.65 bits per heavy atom. The van der Waals surface area contributed by atoms with Crippen LogP contribution >= 0.6 is 11.3 Å². The second-order valence-corrected chi connectivity index (χ2v) is 6.75. The highest BCUT2D eigenvalue weighted by Crippen LogP contribution is 2.28. The van der Waals surface area contributed by atoms with Crippen molar-refractivity contribution in [1.29, 1.82) is 0 Å². The molecular formula is C18H20N4O3S. The standard InChI is InChI=1S/C18H20N4O3S/c1-12(2)25-18-20-17(15-5-4-10-26-15)22(21-18)14-8-6-13(7-9-14)19-16(23)11-24-3/h4-10,12H,11H2,1-3H3,(H,19,23). The van der Waals surface area contributed by atoms with E-state index >= 15 is 0 Å². The lowest BCUT2D eigenvalue weighted by atomic mass is 10.2. The molecule has 3 aromatic rings. The lowest BCUT2D eigenvalue weighted by molar-refractivity contribution is -0.119. The van der Waals surface area contributed by atoms with Crippen molar-refractivity contribution in [3.8, 4) is 22.4 Å². The molecule has 0 saturated heterocycles. The zero-order valence-electron chi connectivity index (χ0n) is 14.8. The summed E-state index contributed by atoms with van der Waals surface area (Å²) in [6.45, 7) is 3.88. The van der Waals surface area contributed by atoms with Crippen molar-refractivity contribution in [1.82, 2.24) is 14.8 Å². The van der Waals surface area contributed by atoms with Crippen molar-refractivity contribution in [2.75, 3.05) is 19.0 Å². The van der Waals surface area contributed by atoms with E-state index in [1.165, 1.54) is 7.11 Å². The highest BCUT2D eigenvalue weighted by molar-refractivity contribution is 7.13. The second kappa shape index (κ2) is 8.11. The van der Waals surface area contributed by atoms with Gasteiger partial charge in [-0.2, -0.15) is 4.98 Å². The normalized spacial score (nSPS) is 10.9. The molecule has 0 bridgehead atoms. The minimum atomic E-state index is -0.201. The summed E-state index contributed by atoms with van der Waals surface area (Å²) in [6, 6.07) is 11.7. The lowest BCUT2D eigenvalue weighted by Gasteiger charge is -2.07. The van der Waals surface area contributed by atoms with E-state index in [0.717, 1.165) is 10.6 Å². The van der Waals surface area contributed by atoms with Crippen LogP contribution in [0.1, 0.15) is 13.8 Å². The molecule has 1 N–H and O–H groups in total. The molecule has 3 rings (SSSR count). The third-order valence-electron chi connectivity index (χ3n) is 3.34. The predicted octanol–water partition coefficient (Wildman–Crippen LogP) is 3.37. The molecule has 8 heteroatoms. The first-order valence-corrected chi connectivity index (χ1v) is 9.01. The molecule has 0 radical (unpaired) electrons. The number of aromatic nitrogens is 3. The molecule has 0 saturated carbocycles. The molecule has 2 heterocycles. The predicted molar refractivity (Wildman–Crippen MR) is 101 cm³/mol. The van der Waals surface area contributed by atoms with Gasteiger partial charge in [-0.25, -0.2) is 4.68 Å². The van der Waals surface area contributed by atoms with Crippen molar-refractivity contribution >= 4 is 22.9 Å². The van der Waals surface area contributed by atoms with Crippen LogP contribution in [0.25, 0.3) is 16.4 Å². The molecule has 0 aliphatic heterocycles. The molecule has 0 unspecified atom stereocenters. The Labute approximate surface area is 155 Å². The van der Waals surface area contributed by atoms with E-state index in [-0.39, 0.29) is 18.6 Å². The fourth-order valence-electron chi connectivity index (χ4n) is 2.31. The van der Waals surface area contributed by atoms with Crippen LogP contribution < -0.4 is 10.1 Å². The van der Waals surface area contributed by atoms with E-state index in [0.29, 0.717) is 17.5 Å². The van der Waals surface area contributed by atoms with E-state index in [4.69, 9.17) is 9.47 Å². The number of nitrogens with zero attached hydrogens (tertiary/aromatic N) is 3. The quantitative estimate of drug-likeness (QED) is 0.688. The molecule has 2 aromatic heterocycles. The molecule has 7 nitrogen and oxygen atoms in total. The van der Waals surface area contributed by atoms with E-state index in [9.17, 15) is 4.79 Å². The van der Waals surface area contributed by atoms with E-state index in [2.05, 4.69) is 15.4 Å². The first-order valence-electron chi connectivity index (χ1n) is 8.13. The highest BCUT2D eigenvalue weighted by atomic mass is 32.1. The summed E-state index contributed by atoms with van der Waals surface area (Å²) >= 11 is 1.58. The number of methoxy groups -OCH3 is 1. The summed E-state index contributed by atoms with van der Waals surface area (Å²) in [4.78, 5) is 17.1. The molecule has 1 aromatic carbocycles. The smallest absolute Gasteiger partial charge is 0.336 e. The minimum Gasteiger partial charge on any atom is -0.460 e. The molecule has 136 valence electrons. The van der Waals surface area contributed by atoms with Gasteiger partial charge in [-0.1, -0.05) is 6.07 Å². The van der Waals surface area contributed by atoms with Gasteiger partial charge in [0.2, 0.25) is 5.91 Å². The third-order valence-corrected chi connectivity index (χ3v) is 4.21. The zero-order chi connectivity index (χ0) is 18.5. The average molecular weight is 372 g/mol. The number of benzene rings is 1. The number of rotatable bonds is 7.